The van der Waals surface area contributed by atoms with Crippen molar-refractivity contribution in [1.82, 2.24) is 28.9 Å². The summed E-state index contributed by atoms with van der Waals surface area (Å²) in [5.74, 6) is 1.15. The number of carbonyl (C=O) groups is 1. The Kier molecular flexibility index (Phi) is 6.26. The molecule has 4 aromatic rings. The maximum absolute atomic E-state index is 13.0. The molecule has 0 spiro atoms. The molecular formula is C32H38N6O. The fourth-order valence-corrected chi connectivity index (χ4v) is 7.93. The van der Waals surface area contributed by atoms with Crippen LogP contribution in [0.4, 0.5) is 4.79 Å². The van der Waals surface area contributed by atoms with Gasteiger partial charge in [-0.15, -0.1) is 0 Å². The first-order chi connectivity index (χ1) is 19.1. The summed E-state index contributed by atoms with van der Waals surface area (Å²) in [4.78, 5) is 26.7. The fraction of sp³-hybridized carbons (Fsp3) is 0.469. The van der Waals surface area contributed by atoms with Crippen molar-refractivity contribution < 1.29 is 4.79 Å². The molecule has 0 aliphatic carbocycles. The molecule has 3 aliphatic rings. The molecular weight excluding hydrogens is 484 g/mol. The Morgan fingerprint density at radius 3 is 2.38 bits per heavy atom. The van der Waals surface area contributed by atoms with Crippen molar-refractivity contribution in [2.24, 2.45) is 0 Å². The van der Waals surface area contributed by atoms with Gasteiger partial charge in [-0.2, -0.15) is 0 Å². The second-order valence-electron chi connectivity index (χ2n) is 11.9. The van der Waals surface area contributed by atoms with Gasteiger partial charge in [0.25, 0.3) is 0 Å². The van der Waals surface area contributed by atoms with Gasteiger partial charge in [0.2, 0.25) is 0 Å². The third kappa shape index (κ3) is 4.37. The van der Waals surface area contributed by atoms with Crippen molar-refractivity contribution in [1.29, 1.82) is 0 Å². The number of hydrogen-bond donors (Lipinski definition) is 0. The zero-order valence-corrected chi connectivity index (χ0v) is 22.8. The number of imidazole rings is 2. The van der Waals surface area contributed by atoms with Gasteiger partial charge in [-0.25, -0.2) is 14.8 Å². The van der Waals surface area contributed by atoms with Crippen molar-refractivity contribution >= 4 is 17.1 Å². The zero-order valence-electron chi connectivity index (χ0n) is 22.8. The van der Waals surface area contributed by atoms with Gasteiger partial charge >= 0.3 is 6.03 Å². The Labute approximate surface area is 230 Å². The van der Waals surface area contributed by atoms with Crippen LogP contribution in [-0.4, -0.2) is 66.7 Å². The van der Waals surface area contributed by atoms with E-state index < -0.39 is 0 Å². The van der Waals surface area contributed by atoms with Gasteiger partial charge in [-0.3, -0.25) is 9.47 Å². The molecule has 3 fully saturated rings. The number of fused-ring (bicyclic) bond motifs is 3. The molecule has 39 heavy (non-hydrogen) atoms. The van der Waals surface area contributed by atoms with Crippen LogP contribution in [0.25, 0.3) is 11.0 Å². The van der Waals surface area contributed by atoms with E-state index in [0.29, 0.717) is 18.1 Å². The molecule has 7 heteroatoms. The van der Waals surface area contributed by atoms with E-state index in [-0.39, 0.29) is 11.4 Å². The highest BCUT2D eigenvalue weighted by atomic mass is 16.2. The Hall–Kier alpha value is -3.45. The number of aromatic nitrogens is 4. The van der Waals surface area contributed by atoms with Crippen LogP contribution in [-0.2, 0) is 5.41 Å². The number of aryl methyl sites for hydroxylation is 1. The summed E-state index contributed by atoms with van der Waals surface area (Å²) < 4.78 is 4.12. The van der Waals surface area contributed by atoms with Gasteiger partial charge in [-0.05, 0) is 81.5 Å². The van der Waals surface area contributed by atoms with E-state index in [2.05, 4.69) is 76.0 Å². The lowest BCUT2D eigenvalue weighted by atomic mass is 9.70. The van der Waals surface area contributed by atoms with E-state index in [4.69, 9.17) is 4.98 Å². The number of carbonyl (C=O) groups excluding carboxylic acids is 1. The molecule has 0 saturated carbocycles. The van der Waals surface area contributed by atoms with E-state index in [1.54, 1.807) is 23.3 Å². The van der Waals surface area contributed by atoms with Crippen molar-refractivity contribution in [2.75, 3.05) is 19.6 Å². The van der Waals surface area contributed by atoms with Gasteiger partial charge in [-0.1, -0.05) is 42.5 Å². The minimum Gasteiger partial charge on any atom is -0.325 e. The lowest BCUT2D eigenvalue weighted by molar-refractivity contribution is 0.0859. The first kappa shape index (κ1) is 24.6. The summed E-state index contributed by atoms with van der Waals surface area (Å²) >= 11 is 0. The molecule has 3 atom stereocenters. The molecule has 2 aromatic heterocycles. The molecule has 7 nitrogen and oxygen atoms in total. The normalized spacial score (nSPS) is 24.8. The van der Waals surface area contributed by atoms with Crippen LogP contribution in [0.3, 0.4) is 0 Å². The second-order valence-corrected chi connectivity index (χ2v) is 11.9. The smallest absolute Gasteiger partial charge is 0.325 e. The minimum absolute atomic E-state index is 0.0385. The van der Waals surface area contributed by atoms with E-state index in [1.807, 2.05) is 4.90 Å². The fourth-order valence-electron chi connectivity index (χ4n) is 7.93. The van der Waals surface area contributed by atoms with Gasteiger partial charge in [0.1, 0.15) is 12.2 Å². The molecule has 2 aromatic carbocycles. The predicted octanol–water partition coefficient (Wildman–Crippen LogP) is 5.80. The van der Waals surface area contributed by atoms with Crippen molar-refractivity contribution in [3.05, 3.63) is 84.7 Å². The summed E-state index contributed by atoms with van der Waals surface area (Å²) in [6.07, 6.45) is 13.2. The molecule has 2 bridgehead atoms. The predicted molar refractivity (Wildman–Crippen MR) is 153 cm³/mol. The monoisotopic (exact) mass is 522 g/mol. The van der Waals surface area contributed by atoms with Crippen LogP contribution < -0.4 is 0 Å². The van der Waals surface area contributed by atoms with Crippen LogP contribution in [0.5, 0.6) is 0 Å². The quantitative estimate of drug-likeness (QED) is 0.332. The van der Waals surface area contributed by atoms with E-state index in [9.17, 15) is 4.79 Å². The average Bonchev–Trinajstić information content (AvgIpc) is 3.68. The minimum atomic E-state index is 0.0385. The molecule has 202 valence electrons. The lowest BCUT2D eigenvalue weighted by Crippen LogP contribution is -2.49. The van der Waals surface area contributed by atoms with E-state index in [0.717, 1.165) is 50.2 Å². The van der Waals surface area contributed by atoms with Crippen molar-refractivity contribution in [3.63, 3.8) is 0 Å². The summed E-state index contributed by atoms with van der Waals surface area (Å²) in [6, 6.07) is 21.5. The van der Waals surface area contributed by atoms with Gasteiger partial charge < -0.3 is 9.47 Å². The lowest BCUT2D eigenvalue weighted by Gasteiger charge is -2.45. The molecule has 0 radical (unpaired) electrons. The number of para-hydroxylation sites is 2. The highest BCUT2D eigenvalue weighted by Crippen LogP contribution is 2.45. The zero-order chi connectivity index (χ0) is 26.4. The van der Waals surface area contributed by atoms with Crippen molar-refractivity contribution in [3.8, 4) is 0 Å². The summed E-state index contributed by atoms with van der Waals surface area (Å²) in [5.41, 5.74) is 3.95. The van der Waals surface area contributed by atoms with Gasteiger partial charge in [0.15, 0.2) is 0 Å². The topological polar surface area (TPSA) is 59.2 Å². The van der Waals surface area contributed by atoms with Crippen LogP contribution in [0.2, 0.25) is 0 Å². The maximum atomic E-state index is 13.0. The van der Waals surface area contributed by atoms with Crippen LogP contribution in [0.15, 0.2) is 73.3 Å². The van der Waals surface area contributed by atoms with Gasteiger partial charge in [0, 0.05) is 43.6 Å². The number of benzene rings is 2. The first-order valence-electron chi connectivity index (χ1n) is 14.6. The van der Waals surface area contributed by atoms with Crippen LogP contribution >= 0.6 is 0 Å². The molecule has 5 heterocycles. The van der Waals surface area contributed by atoms with Gasteiger partial charge in [0.05, 0.1) is 11.0 Å². The summed E-state index contributed by atoms with van der Waals surface area (Å²) in [7, 11) is 0. The molecule has 7 rings (SSSR count). The number of nitrogens with zero attached hydrogens (tertiary/aromatic N) is 6. The molecule has 1 amide bonds. The third-order valence-electron chi connectivity index (χ3n) is 9.95. The Morgan fingerprint density at radius 2 is 1.67 bits per heavy atom. The van der Waals surface area contributed by atoms with E-state index >= 15 is 0 Å². The SMILES string of the molecule is Cc1nc2ccccc2n1C1CC2CC[C@H](C1)N2CCC1(c2ccccc2)CCN(C(=O)n2ccnc2)CC1. The average molecular weight is 523 g/mol. The third-order valence-corrected chi connectivity index (χ3v) is 9.95. The summed E-state index contributed by atoms with van der Waals surface area (Å²) in [5, 5.41) is 0. The number of hydrogen-bond acceptors (Lipinski definition) is 4. The summed E-state index contributed by atoms with van der Waals surface area (Å²) in [6.45, 7) is 4.87. The highest BCUT2D eigenvalue weighted by molar-refractivity contribution is 5.77. The Balaban J connectivity index is 1.07. The Morgan fingerprint density at radius 1 is 0.949 bits per heavy atom. The molecule has 2 unspecified atom stereocenters. The maximum Gasteiger partial charge on any atom is 0.329 e. The van der Waals surface area contributed by atoms with E-state index in [1.165, 1.54) is 36.8 Å². The number of rotatable bonds is 5. The second kappa shape index (κ2) is 9.94. The number of piperidine rings is 2. The molecule has 3 aliphatic heterocycles. The van der Waals surface area contributed by atoms with Crippen LogP contribution in [0.1, 0.15) is 62.4 Å². The highest BCUT2D eigenvalue weighted by Gasteiger charge is 2.44. The molecule has 0 N–H and O–H groups in total. The molecule has 3 saturated heterocycles. The largest absolute Gasteiger partial charge is 0.329 e. The first-order valence-corrected chi connectivity index (χ1v) is 14.6. The standard InChI is InChI=1S/C32H38N6O/c1-24-34-29-9-5-6-10-30(29)38(24)28-21-26-11-12-27(22-28)37(26)19-15-32(25-7-3-2-4-8-25)13-17-35(18-14-32)31(39)36-20-16-33-23-36/h2-10,16,20,23,26-28H,11-15,17-19,21-22H2,1H3/t26-,27?,28?/m1/s1. The number of amides is 1. The van der Waals surface area contributed by atoms with Crippen LogP contribution in [0, 0.1) is 6.92 Å². The Bertz CT molecular complexity index is 1420. The van der Waals surface area contributed by atoms with Crippen molar-refractivity contribution in [2.45, 2.75) is 75.4 Å². The number of likely N-dealkylation sites (tertiary alicyclic amines) is 1.